The molecule has 9 heteroatoms. The first-order chi connectivity index (χ1) is 14.8. The average Bonchev–Trinajstić information content (AvgIpc) is 2.69. The number of amides is 1. The minimum absolute atomic E-state index is 0.0725. The largest absolute Gasteiger partial charge is 0.457 e. The molecule has 1 N–H and O–H groups in total. The molecule has 0 aromatic heterocycles. The number of benzene rings is 1. The van der Waals surface area contributed by atoms with E-state index >= 15 is 0 Å². The fraction of sp³-hybridized carbons (Fsp3) is 0.261. The first-order valence-electron chi connectivity index (χ1n) is 9.43. The lowest BCUT2D eigenvalue weighted by Gasteiger charge is -2.14. The molecule has 0 spiro atoms. The molecule has 174 valence electrons. The number of halogens is 6. The van der Waals surface area contributed by atoms with Crippen LogP contribution >= 0.6 is 0 Å². The Morgan fingerprint density at radius 1 is 1.19 bits per heavy atom. The number of alkyl halides is 3. The predicted octanol–water partition coefficient (Wildman–Crippen LogP) is 7.21. The zero-order valence-electron chi connectivity index (χ0n) is 18.0. The molecule has 1 amide bonds. The van der Waals surface area contributed by atoms with Gasteiger partial charge in [-0.15, -0.1) is 0 Å². The summed E-state index contributed by atoms with van der Waals surface area (Å²) in [6.07, 6.45) is -1.35. The molecule has 0 saturated carbocycles. The highest BCUT2D eigenvalue weighted by atomic mass is 19.4. The van der Waals surface area contributed by atoms with E-state index in [4.69, 9.17) is 4.74 Å². The molecule has 0 bridgehead atoms. The van der Waals surface area contributed by atoms with Crippen molar-refractivity contribution in [3.63, 3.8) is 0 Å². The Kier molecular flexibility index (Phi) is 9.55. The van der Waals surface area contributed by atoms with Gasteiger partial charge in [-0.3, -0.25) is 4.79 Å². The van der Waals surface area contributed by atoms with Crippen LogP contribution in [0.3, 0.4) is 0 Å². The SMILES string of the molecule is C=C(C=CC(=CC)Oc1cc(F)ccc1C(F)(F)F)NC(=O)C(=C(C)C)C(F)=C(F)CC. The highest BCUT2D eigenvalue weighted by Gasteiger charge is 2.34. The second kappa shape index (κ2) is 11.4. The van der Waals surface area contributed by atoms with Gasteiger partial charge in [0.05, 0.1) is 11.1 Å². The van der Waals surface area contributed by atoms with E-state index in [-0.39, 0.29) is 23.5 Å². The molecule has 0 unspecified atom stereocenters. The maximum Gasteiger partial charge on any atom is 0.419 e. The van der Waals surface area contributed by atoms with Gasteiger partial charge in [0.15, 0.2) is 5.83 Å². The Balaban J connectivity index is 3.04. The van der Waals surface area contributed by atoms with E-state index in [2.05, 4.69) is 11.9 Å². The van der Waals surface area contributed by atoms with Crippen LogP contribution in [0.15, 0.2) is 77.3 Å². The highest BCUT2D eigenvalue weighted by Crippen LogP contribution is 2.37. The highest BCUT2D eigenvalue weighted by molar-refractivity contribution is 5.99. The minimum Gasteiger partial charge on any atom is -0.457 e. The fourth-order valence-electron chi connectivity index (χ4n) is 2.40. The Labute approximate surface area is 182 Å². The summed E-state index contributed by atoms with van der Waals surface area (Å²) < 4.78 is 85.7. The minimum atomic E-state index is -4.77. The Hall–Kier alpha value is -3.23. The van der Waals surface area contributed by atoms with Crippen LogP contribution in [0.25, 0.3) is 0 Å². The van der Waals surface area contributed by atoms with Crippen molar-refractivity contribution in [3.8, 4) is 5.75 Å². The molecule has 1 rings (SSSR count). The molecule has 1 aromatic carbocycles. The topological polar surface area (TPSA) is 38.3 Å². The van der Waals surface area contributed by atoms with Crippen molar-refractivity contribution in [2.75, 3.05) is 0 Å². The van der Waals surface area contributed by atoms with Crippen LogP contribution in [-0.4, -0.2) is 5.91 Å². The van der Waals surface area contributed by atoms with Gasteiger partial charge in [-0.05, 0) is 57.6 Å². The van der Waals surface area contributed by atoms with E-state index in [9.17, 15) is 31.1 Å². The van der Waals surface area contributed by atoms with E-state index in [1.165, 1.54) is 45.9 Å². The molecular weight excluding hydrogens is 436 g/mol. The van der Waals surface area contributed by atoms with E-state index < -0.39 is 46.4 Å². The molecule has 3 nitrogen and oxygen atoms in total. The Bertz CT molecular complexity index is 996. The lowest BCUT2D eigenvalue weighted by molar-refractivity contribution is -0.138. The van der Waals surface area contributed by atoms with Crippen molar-refractivity contribution in [3.05, 3.63) is 88.6 Å². The van der Waals surface area contributed by atoms with Gasteiger partial charge in [-0.2, -0.15) is 13.2 Å². The molecule has 0 aliphatic carbocycles. The molecule has 0 radical (unpaired) electrons. The van der Waals surface area contributed by atoms with Gasteiger partial charge >= 0.3 is 6.18 Å². The quantitative estimate of drug-likeness (QED) is 0.193. The van der Waals surface area contributed by atoms with E-state index in [0.717, 1.165) is 0 Å². The molecule has 0 heterocycles. The summed E-state index contributed by atoms with van der Waals surface area (Å²) >= 11 is 0. The normalized spacial score (nSPS) is 13.0. The van der Waals surface area contributed by atoms with Gasteiger partial charge in [0.1, 0.15) is 23.2 Å². The van der Waals surface area contributed by atoms with Crippen molar-refractivity contribution >= 4 is 5.91 Å². The van der Waals surface area contributed by atoms with E-state index in [1.807, 2.05) is 0 Å². The third-order valence-electron chi connectivity index (χ3n) is 3.98. The van der Waals surface area contributed by atoms with E-state index in [0.29, 0.717) is 18.2 Å². The summed E-state index contributed by atoms with van der Waals surface area (Å²) in [5, 5.41) is 2.27. The monoisotopic (exact) mass is 459 g/mol. The summed E-state index contributed by atoms with van der Waals surface area (Å²) in [5.74, 6) is -5.11. The Morgan fingerprint density at radius 2 is 1.81 bits per heavy atom. The van der Waals surface area contributed by atoms with Crippen LogP contribution in [-0.2, 0) is 11.0 Å². The third kappa shape index (κ3) is 7.47. The molecular formula is C23H23F6NO2. The van der Waals surface area contributed by atoms with Crippen molar-refractivity contribution in [2.24, 2.45) is 0 Å². The first-order valence-corrected chi connectivity index (χ1v) is 9.43. The van der Waals surface area contributed by atoms with Crippen LogP contribution in [0.1, 0.15) is 39.7 Å². The van der Waals surface area contributed by atoms with Crippen LogP contribution in [0, 0.1) is 5.82 Å². The number of hydrogen-bond acceptors (Lipinski definition) is 2. The number of hydrogen-bond donors (Lipinski definition) is 1. The first kappa shape index (κ1) is 26.8. The lowest BCUT2D eigenvalue weighted by atomic mass is 10.1. The standard InChI is InChI=1S/C23H23F6NO2/c1-6-16(32-19-12-15(24)9-11-17(19)23(27,28)29)10-8-14(5)30-22(31)20(13(3)4)21(26)18(25)7-2/h6,8-12H,5,7H2,1-4H3,(H,30,31). The summed E-state index contributed by atoms with van der Waals surface area (Å²) in [6.45, 7) is 9.26. The van der Waals surface area contributed by atoms with Crippen LogP contribution in [0.4, 0.5) is 26.3 Å². The van der Waals surface area contributed by atoms with Crippen molar-refractivity contribution in [2.45, 2.75) is 40.3 Å². The molecule has 32 heavy (non-hydrogen) atoms. The van der Waals surface area contributed by atoms with Crippen LogP contribution < -0.4 is 10.1 Å². The number of allylic oxidation sites excluding steroid dienone is 5. The maximum atomic E-state index is 14.2. The smallest absolute Gasteiger partial charge is 0.419 e. The van der Waals surface area contributed by atoms with E-state index in [1.54, 1.807) is 0 Å². The molecule has 0 fully saturated rings. The molecule has 0 saturated heterocycles. The van der Waals surface area contributed by atoms with Gasteiger partial charge in [0, 0.05) is 11.8 Å². The summed E-state index contributed by atoms with van der Waals surface area (Å²) in [4.78, 5) is 12.3. The summed E-state index contributed by atoms with van der Waals surface area (Å²) in [5.41, 5.74) is -1.51. The fourth-order valence-corrected chi connectivity index (χ4v) is 2.40. The molecule has 1 aromatic rings. The number of ether oxygens (including phenoxy) is 1. The zero-order chi connectivity index (χ0) is 24.6. The number of nitrogens with one attached hydrogen (secondary N) is 1. The van der Waals surface area contributed by atoms with Gasteiger partial charge in [0.25, 0.3) is 5.91 Å². The van der Waals surface area contributed by atoms with Gasteiger partial charge in [-0.1, -0.05) is 19.1 Å². The molecule has 0 aliphatic heterocycles. The number of carbonyl (C=O) groups is 1. The maximum absolute atomic E-state index is 14.2. The number of carbonyl (C=O) groups excluding carboxylic acids is 1. The second-order valence-electron chi connectivity index (χ2n) is 6.69. The Morgan fingerprint density at radius 3 is 2.31 bits per heavy atom. The van der Waals surface area contributed by atoms with Gasteiger partial charge in [0.2, 0.25) is 0 Å². The van der Waals surface area contributed by atoms with Gasteiger partial charge in [-0.25, -0.2) is 13.2 Å². The third-order valence-corrected chi connectivity index (χ3v) is 3.98. The van der Waals surface area contributed by atoms with Crippen LogP contribution in [0.5, 0.6) is 5.75 Å². The van der Waals surface area contributed by atoms with Gasteiger partial charge < -0.3 is 10.1 Å². The van der Waals surface area contributed by atoms with Crippen molar-refractivity contribution < 1.29 is 35.9 Å². The summed E-state index contributed by atoms with van der Waals surface area (Å²) in [6, 6.07) is 1.81. The zero-order valence-corrected chi connectivity index (χ0v) is 18.0. The molecule has 0 aliphatic rings. The van der Waals surface area contributed by atoms with Crippen molar-refractivity contribution in [1.82, 2.24) is 5.32 Å². The predicted molar refractivity (Wildman–Crippen MR) is 110 cm³/mol. The number of rotatable bonds is 8. The second-order valence-corrected chi connectivity index (χ2v) is 6.69. The molecule has 0 atom stereocenters. The van der Waals surface area contributed by atoms with Crippen molar-refractivity contribution in [1.29, 1.82) is 0 Å². The average molecular weight is 459 g/mol. The summed E-state index contributed by atoms with van der Waals surface area (Å²) in [7, 11) is 0. The van der Waals surface area contributed by atoms with Crippen LogP contribution in [0.2, 0.25) is 0 Å². The lowest BCUT2D eigenvalue weighted by Crippen LogP contribution is -2.24.